The molecule has 1 heterocycles. The van der Waals surface area contributed by atoms with Crippen LogP contribution >= 0.6 is 0 Å². The molecule has 4 aromatic rings. The number of hydrogen-bond donors (Lipinski definition) is 2. The summed E-state index contributed by atoms with van der Waals surface area (Å²) in [5.74, 6) is -0.230. The maximum atomic E-state index is 12.3. The summed E-state index contributed by atoms with van der Waals surface area (Å²) in [6.07, 6.45) is 2.75. The normalized spacial score (nSPS) is 11.1. The third-order valence-electron chi connectivity index (χ3n) is 4.55. The number of aromatic hydroxyl groups is 1. The van der Waals surface area contributed by atoms with Crippen molar-refractivity contribution in [3.8, 4) is 17.2 Å². The van der Waals surface area contributed by atoms with Crippen LogP contribution in [0.5, 0.6) is 5.75 Å². The van der Waals surface area contributed by atoms with Gasteiger partial charge >= 0.3 is 0 Å². The third-order valence-corrected chi connectivity index (χ3v) is 4.55. The number of nitrogens with zero attached hydrogens (tertiary/aromatic N) is 2. The molecule has 0 atom stereocenters. The van der Waals surface area contributed by atoms with Crippen LogP contribution < -0.4 is 5.32 Å². The average Bonchev–Trinajstić information content (AvgIpc) is 3.16. The number of phenols is 1. The summed E-state index contributed by atoms with van der Waals surface area (Å²) in [4.78, 5) is 27.1. The zero-order valence-corrected chi connectivity index (χ0v) is 16.4. The van der Waals surface area contributed by atoms with Gasteiger partial charge in [-0.1, -0.05) is 18.2 Å². The second-order valence-corrected chi connectivity index (χ2v) is 6.90. The number of benzene rings is 3. The first-order valence-corrected chi connectivity index (χ1v) is 9.33. The Morgan fingerprint density at radius 2 is 2.00 bits per heavy atom. The number of hydrogen-bond acceptors (Lipinski definition) is 6. The molecule has 0 aliphatic heterocycles. The lowest BCUT2D eigenvalue weighted by molar-refractivity contribution is -0.384. The number of carbonyl (C=O) groups is 1. The van der Waals surface area contributed by atoms with Crippen LogP contribution in [0.3, 0.4) is 0 Å². The highest BCUT2D eigenvalue weighted by Gasteiger charge is 2.14. The van der Waals surface area contributed by atoms with E-state index in [1.807, 2.05) is 25.1 Å². The molecule has 0 radical (unpaired) electrons. The molecule has 1 aromatic heterocycles. The lowest BCUT2D eigenvalue weighted by atomic mass is 10.1. The minimum absolute atomic E-state index is 0.0339. The molecular formula is C23H17N3O5. The number of nitro groups is 1. The Morgan fingerprint density at radius 1 is 1.16 bits per heavy atom. The largest absolute Gasteiger partial charge is 0.507 e. The van der Waals surface area contributed by atoms with E-state index in [0.29, 0.717) is 27.9 Å². The fraction of sp³-hybridized carbons (Fsp3) is 0.0435. The Hall–Kier alpha value is -4.46. The first-order valence-electron chi connectivity index (χ1n) is 9.33. The number of carbonyl (C=O) groups excluding carboxylic acids is 1. The van der Waals surface area contributed by atoms with E-state index < -0.39 is 10.8 Å². The molecule has 8 nitrogen and oxygen atoms in total. The Kier molecular flexibility index (Phi) is 5.19. The Balaban J connectivity index is 1.54. The molecule has 8 heteroatoms. The highest BCUT2D eigenvalue weighted by molar-refractivity contribution is 6.02. The van der Waals surface area contributed by atoms with Crippen LogP contribution in [0.15, 0.2) is 71.2 Å². The number of nitro benzene ring substituents is 1. The summed E-state index contributed by atoms with van der Waals surface area (Å²) in [7, 11) is 0. The number of non-ortho nitro benzene ring substituents is 1. The first kappa shape index (κ1) is 19.8. The van der Waals surface area contributed by atoms with Crippen molar-refractivity contribution >= 4 is 34.5 Å². The van der Waals surface area contributed by atoms with Crippen LogP contribution in [0.25, 0.3) is 28.6 Å². The van der Waals surface area contributed by atoms with E-state index in [-0.39, 0.29) is 17.3 Å². The molecule has 1 amide bonds. The summed E-state index contributed by atoms with van der Waals surface area (Å²) >= 11 is 0. The minimum atomic E-state index is -0.497. The molecule has 0 bridgehead atoms. The van der Waals surface area contributed by atoms with Crippen molar-refractivity contribution in [2.75, 3.05) is 5.32 Å². The fourth-order valence-corrected chi connectivity index (χ4v) is 3.04. The number of aromatic nitrogens is 1. The molecule has 0 saturated heterocycles. The predicted molar refractivity (Wildman–Crippen MR) is 117 cm³/mol. The van der Waals surface area contributed by atoms with Crippen molar-refractivity contribution in [3.05, 3.63) is 88.0 Å². The molecule has 0 aliphatic carbocycles. The second kappa shape index (κ2) is 8.11. The number of fused-ring (bicyclic) bond motifs is 1. The maximum absolute atomic E-state index is 12.3. The molecule has 0 spiro atoms. The van der Waals surface area contributed by atoms with Gasteiger partial charge in [0.15, 0.2) is 5.58 Å². The monoisotopic (exact) mass is 415 g/mol. The van der Waals surface area contributed by atoms with E-state index in [1.165, 1.54) is 30.4 Å². The zero-order chi connectivity index (χ0) is 22.0. The topological polar surface area (TPSA) is 118 Å². The number of aryl methyl sites for hydroxylation is 1. The van der Waals surface area contributed by atoms with E-state index in [1.54, 1.807) is 24.3 Å². The van der Waals surface area contributed by atoms with Crippen LogP contribution in [-0.2, 0) is 4.79 Å². The van der Waals surface area contributed by atoms with Gasteiger partial charge in [-0.15, -0.1) is 0 Å². The summed E-state index contributed by atoms with van der Waals surface area (Å²) in [6, 6.07) is 16.1. The van der Waals surface area contributed by atoms with Crippen LogP contribution in [0, 0.1) is 17.0 Å². The number of rotatable bonds is 5. The van der Waals surface area contributed by atoms with Gasteiger partial charge in [0.05, 0.1) is 10.5 Å². The zero-order valence-electron chi connectivity index (χ0n) is 16.4. The molecule has 4 rings (SSSR count). The van der Waals surface area contributed by atoms with Gasteiger partial charge in [-0.25, -0.2) is 4.98 Å². The summed E-state index contributed by atoms with van der Waals surface area (Å²) in [5, 5.41) is 23.8. The van der Waals surface area contributed by atoms with Crippen LogP contribution in [0.2, 0.25) is 0 Å². The van der Waals surface area contributed by atoms with E-state index >= 15 is 0 Å². The first-order chi connectivity index (χ1) is 14.9. The quantitative estimate of drug-likeness (QED) is 0.203. The second-order valence-electron chi connectivity index (χ2n) is 6.90. The third kappa shape index (κ3) is 4.43. The van der Waals surface area contributed by atoms with Gasteiger partial charge in [-0.3, -0.25) is 14.9 Å². The van der Waals surface area contributed by atoms with Crippen molar-refractivity contribution in [3.63, 3.8) is 0 Å². The van der Waals surface area contributed by atoms with Crippen LogP contribution in [-0.4, -0.2) is 20.9 Å². The Bertz CT molecular complexity index is 1340. The van der Waals surface area contributed by atoms with Crippen molar-refractivity contribution in [1.29, 1.82) is 0 Å². The van der Waals surface area contributed by atoms with Crippen LogP contribution in [0.1, 0.15) is 11.1 Å². The van der Waals surface area contributed by atoms with Crippen molar-refractivity contribution in [2.24, 2.45) is 0 Å². The molecule has 154 valence electrons. The number of oxazole rings is 1. The molecule has 2 N–H and O–H groups in total. The Morgan fingerprint density at radius 3 is 2.81 bits per heavy atom. The predicted octanol–water partition coefficient (Wildman–Crippen LogP) is 5.07. The molecular weight excluding hydrogens is 398 g/mol. The lowest BCUT2D eigenvalue weighted by Gasteiger charge is -2.06. The van der Waals surface area contributed by atoms with Gasteiger partial charge in [0.25, 0.3) is 5.69 Å². The lowest BCUT2D eigenvalue weighted by Crippen LogP contribution is -2.07. The molecule has 0 aliphatic rings. The smallest absolute Gasteiger partial charge is 0.270 e. The number of phenolic OH excluding ortho intramolecular Hbond substituents is 1. The van der Waals surface area contributed by atoms with Crippen molar-refractivity contribution in [1.82, 2.24) is 4.98 Å². The van der Waals surface area contributed by atoms with E-state index in [0.717, 1.165) is 5.56 Å². The maximum Gasteiger partial charge on any atom is 0.270 e. The highest BCUT2D eigenvalue weighted by Crippen LogP contribution is 2.33. The minimum Gasteiger partial charge on any atom is -0.507 e. The molecule has 0 unspecified atom stereocenters. The standard InChI is InChI=1S/C23H17N3O5/c1-14-5-9-21-19(11-14)25-23(31-21)18-13-16(7-8-20(18)27)24-22(28)10-6-15-3-2-4-17(12-15)26(29)30/h2-13,27H,1H3,(H,24,28)/b10-6+. The van der Waals surface area contributed by atoms with Crippen LogP contribution in [0.4, 0.5) is 11.4 Å². The number of nitrogens with one attached hydrogen (secondary N) is 1. The number of anilines is 1. The number of amides is 1. The van der Waals surface area contributed by atoms with Gasteiger partial charge in [0.2, 0.25) is 11.8 Å². The van der Waals surface area contributed by atoms with E-state index in [9.17, 15) is 20.0 Å². The SMILES string of the molecule is Cc1ccc2oc(-c3cc(NC(=O)/C=C/c4cccc([N+](=O)[O-])c4)ccc3O)nc2c1. The molecule has 0 fully saturated rings. The molecule has 3 aromatic carbocycles. The van der Waals surface area contributed by atoms with Gasteiger partial charge in [0, 0.05) is 23.9 Å². The van der Waals surface area contributed by atoms with Gasteiger partial charge in [-0.05, 0) is 54.5 Å². The Labute approximate surface area is 176 Å². The molecule has 31 heavy (non-hydrogen) atoms. The average molecular weight is 415 g/mol. The highest BCUT2D eigenvalue weighted by atomic mass is 16.6. The van der Waals surface area contributed by atoms with Gasteiger partial charge in [0.1, 0.15) is 11.3 Å². The summed E-state index contributed by atoms with van der Waals surface area (Å²) in [5.41, 5.74) is 3.54. The summed E-state index contributed by atoms with van der Waals surface area (Å²) < 4.78 is 5.73. The fourth-order valence-electron chi connectivity index (χ4n) is 3.04. The van der Waals surface area contributed by atoms with E-state index in [4.69, 9.17) is 4.42 Å². The van der Waals surface area contributed by atoms with Gasteiger partial charge in [-0.2, -0.15) is 0 Å². The summed E-state index contributed by atoms with van der Waals surface area (Å²) in [6.45, 7) is 1.95. The molecule has 0 saturated carbocycles. The van der Waals surface area contributed by atoms with Gasteiger partial charge < -0.3 is 14.8 Å². The van der Waals surface area contributed by atoms with E-state index in [2.05, 4.69) is 10.3 Å². The van der Waals surface area contributed by atoms with Crippen molar-refractivity contribution in [2.45, 2.75) is 6.92 Å². The van der Waals surface area contributed by atoms with Crippen molar-refractivity contribution < 1.29 is 19.2 Å².